The largest absolute Gasteiger partial charge is 0.341 e. The highest BCUT2D eigenvalue weighted by atomic mass is 79.9. The lowest BCUT2D eigenvalue weighted by Crippen LogP contribution is -2.09. The molecule has 0 spiro atoms. The van der Waals surface area contributed by atoms with Crippen molar-refractivity contribution in [2.45, 2.75) is 12.2 Å². The molecule has 0 fully saturated rings. The summed E-state index contributed by atoms with van der Waals surface area (Å²) in [5, 5.41) is -0.739. The van der Waals surface area contributed by atoms with Crippen molar-refractivity contribution in [1.29, 1.82) is 0 Å². The molecule has 1 aromatic carbocycles. The van der Waals surface area contributed by atoms with Gasteiger partial charge in [-0.05, 0) is 28.9 Å². The average Bonchev–Trinajstić information content (AvgIpc) is 2.59. The summed E-state index contributed by atoms with van der Waals surface area (Å²) >= 11 is 3.05. The van der Waals surface area contributed by atoms with Crippen molar-refractivity contribution < 1.29 is 12.8 Å². The van der Waals surface area contributed by atoms with Crippen molar-refractivity contribution in [2.24, 2.45) is 0 Å². The van der Waals surface area contributed by atoms with Gasteiger partial charge in [0.15, 0.2) is 9.84 Å². The van der Waals surface area contributed by atoms with E-state index in [4.69, 9.17) is 0 Å². The van der Waals surface area contributed by atoms with E-state index in [0.717, 1.165) is 6.26 Å². The van der Waals surface area contributed by atoms with Crippen LogP contribution < -0.4 is 0 Å². The lowest BCUT2D eigenvalue weighted by atomic mass is 10.3. The Morgan fingerprint density at radius 1 is 1.47 bits per heavy atom. The zero-order valence-corrected chi connectivity index (χ0v) is 11.6. The Bertz CT molecular complexity index is 642. The molecule has 0 saturated carbocycles. The first-order valence-electron chi connectivity index (χ1n) is 4.82. The van der Waals surface area contributed by atoms with Gasteiger partial charge in [-0.15, -0.1) is 0 Å². The molecular formula is C10H10BrFN2O2S. The molecule has 2 aromatic rings. The third kappa shape index (κ3) is 2.35. The number of H-pyrrole nitrogens is 1. The van der Waals surface area contributed by atoms with E-state index in [-0.39, 0.29) is 0 Å². The van der Waals surface area contributed by atoms with Crippen LogP contribution in [0.3, 0.4) is 0 Å². The van der Waals surface area contributed by atoms with E-state index in [1.54, 1.807) is 6.92 Å². The van der Waals surface area contributed by atoms with Crippen LogP contribution in [-0.4, -0.2) is 24.6 Å². The molecule has 17 heavy (non-hydrogen) atoms. The van der Waals surface area contributed by atoms with Crippen LogP contribution in [0.4, 0.5) is 4.39 Å². The van der Waals surface area contributed by atoms with E-state index in [2.05, 4.69) is 25.9 Å². The third-order valence-corrected chi connectivity index (χ3v) is 4.68. The van der Waals surface area contributed by atoms with Crippen LogP contribution in [0.2, 0.25) is 0 Å². The van der Waals surface area contributed by atoms with Gasteiger partial charge in [-0.25, -0.2) is 17.8 Å². The number of imidazole rings is 1. The SMILES string of the molecule is CC(c1nc2cc(Br)c(F)cc2[nH]1)S(C)(=O)=O. The molecular weight excluding hydrogens is 311 g/mol. The van der Waals surface area contributed by atoms with Crippen molar-refractivity contribution in [1.82, 2.24) is 9.97 Å². The lowest BCUT2D eigenvalue weighted by molar-refractivity contribution is 0.590. The first-order valence-corrected chi connectivity index (χ1v) is 7.57. The van der Waals surface area contributed by atoms with E-state index in [1.165, 1.54) is 12.1 Å². The van der Waals surface area contributed by atoms with Gasteiger partial charge in [0, 0.05) is 12.3 Å². The molecule has 92 valence electrons. The fraction of sp³-hybridized carbons (Fsp3) is 0.300. The molecule has 0 aliphatic carbocycles. The fourth-order valence-corrected chi connectivity index (χ4v) is 2.27. The molecule has 0 amide bonds. The van der Waals surface area contributed by atoms with Crippen LogP contribution in [0, 0.1) is 5.82 Å². The zero-order valence-electron chi connectivity index (χ0n) is 9.16. The highest BCUT2D eigenvalue weighted by Crippen LogP contribution is 2.25. The molecule has 0 bridgehead atoms. The Labute approximate surface area is 106 Å². The Morgan fingerprint density at radius 3 is 2.71 bits per heavy atom. The number of sulfone groups is 1. The summed E-state index contributed by atoms with van der Waals surface area (Å²) in [7, 11) is -3.22. The number of rotatable bonds is 2. The Morgan fingerprint density at radius 2 is 2.12 bits per heavy atom. The van der Waals surface area contributed by atoms with Crippen molar-refractivity contribution in [3.8, 4) is 0 Å². The first-order chi connectivity index (χ1) is 7.79. The number of halogens is 2. The minimum absolute atomic E-state index is 0.301. The second-order valence-electron chi connectivity index (χ2n) is 3.88. The van der Waals surface area contributed by atoms with Crippen molar-refractivity contribution in [3.05, 3.63) is 28.2 Å². The Kier molecular flexibility index (Phi) is 2.99. The highest BCUT2D eigenvalue weighted by molar-refractivity contribution is 9.10. The molecule has 1 atom stereocenters. The second-order valence-corrected chi connectivity index (χ2v) is 7.10. The second kappa shape index (κ2) is 4.06. The topological polar surface area (TPSA) is 62.8 Å². The van der Waals surface area contributed by atoms with E-state index < -0.39 is 20.9 Å². The minimum Gasteiger partial charge on any atom is -0.341 e. The van der Waals surface area contributed by atoms with E-state index in [0.29, 0.717) is 21.3 Å². The number of hydrogen-bond acceptors (Lipinski definition) is 3. The van der Waals surface area contributed by atoms with Crippen molar-refractivity contribution in [2.75, 3.05) is 6.26 Å². The van der Waals surface area contributed by atoms with Crippen LogP contribution in [0.25, 0.3) is 11.0 Å². The summed E-state index contributed by atoms with van der Waals surface area (Å²) in [6, 6.07) is 2.80. The van der Waals surface area contributed by atoms with Gasteiger partial charge in [-0.3, -0.25) is 0 Å². The zero-order chi connectivity index (χ0) is 12.8. The quantitative estimate of drug-likeness (QED) is 0.925. The van der Waals surface area contributed by atoms with Gasteiger partial charge < -0.3 is 4.98 Å². The molecule has 1 N–H and O–H groups in total. The number of nitrogens with zero attached hydrogens (tertiary/aromatic N) is 1. The predicted molar refractivity (Wildman–Crippen MR) is 67.0 cm³/mol. The van der Waals surface area contributed by atoms with Crippen LogP contribution >= 0.6 is 15.9 Å². The first kappa shape index (κ1) is 12.5. The van der Waals surface area contributed by atoms with Gasteiger partial charge >= 0.3 is 0 Å². The molecule has 0 aliphatic rings. The van der Waals surface area contributed by atoms with Gasteiger partial charge in [-0.1, -0.05) is 0 Å². The summed E-state index contributed by atoms with van der Waals surface area (Å²) in [6.07, 6.45) is 1.14. The Hall–Kier alpha value is -0.950. The molecule has 1 heterocycles. The minimum atomic E-state index is -3.22. The molecule has 0 saturated heterocycles. The smallest absolute Gasteiger partial charge is 0.157 e. The summed E-state index contributed by atoms with van der Waals surface area (Å²) in [5.41, 5.74) is 1.01. The van der Waals surface area contributed by atoms with E-state index in [9.17, 15) is 12.8 Å². The Balaban J connectivity index is 2.59. The van der Waals surface area contributed by atoms with E-state index >= 15 is 0 Å². The van der Waals surface area contributed by atoms with Crippen molar-refractivity contribution >= 4 is 36.8 Å². The van der Waals surface area contributed by atoms with Crippen LogP contribution in [0.5, 0.6) is 0 Å². The normalized spacial score (nSPS) is 14.1. The number of nitrogens with one attached hydrogen (secondary N) is 1. The summed E-state index contributed by atoms with van der Waals surface area (Å²) in [5.74, 6) is -0.0975. The molecule has 4 nitrogen and oxygen atoms in total. The maximum Gasteiger partial charge on any atom is 0.157 e. The number of hydrogen-bond donors (Lipinski definition) is 1. The molecule has 1 aromatic heterocycles. The van der Waals surface area contributed by atoms with Crippen LogP contribution in [0.15, 0.2) is 16.6 Å². The van der Waals surface area contributed by atoms with Gasteiger partial charge in [-0.2, -0.15) is 0 Å². The average molecular weight is 321 g/mol. The maximum atomic E-state index is 13.3. The molecule has 1 unspecified atom stereocenters. The number of aromatic amines is 1. The van der Waals surface area contributed by atoms with Gasteiger partial charge in [0.25, 0.3) is 0 Å². The number of fused-ring (bicyclic) bond motifs is 1. The molecule has 0 aliphatic heterocycles. The third-order valence-electron chi connectivity index (χ3n) is 2.57. The van der Waals surface area contributed by atoms with Gasteiger partial charge in [0.05, 0.1) is 15.5 Å². The molecule has 7 heteroatoms. The fourth-order valence-electron chi connectivity index (χ4n) is 1.42. The van der Waals surface area contributed by atoms with Gasteiger partial charge in [0.2, 0.25) is 0 Å². The van der Waals surface area contributed by atoms with E-state index in [1.807, 2.05) is 0 Å². The van der Waals surface area contributed by atoms with Crippen LogP contribution in [-0.2, 0) is 9.84 Å². The highest BCUT2D eigenvalue weighted by Gasteiger charge is 2.21. The standard InChI is InChI=1S/C10H10BrFN2O2S/c1-5(17(2,15)16)10-13-8-3-6(11)7(12)4-9(8)14-10/h3-5H,1-2H3,(H,13,14). The molecule has 2 rings (SSSR count). The summed E-state index contributed by atoms with van der Waals surface area (Å²) < 4.78 is 36.4. The monoisotopic (exact) mass is 320 g/mol. The summed E-state index contributed by atoms with van der Waals surface area (Å²) in [6.45, 7) is 1.54. The van der Waals surface area contributed by atoms with Crippen LogP contribution in [0.1, 0.15) is 18.0 Å². The van der Waals surface area contributed by atoms with Gasteiger partial charge in [0.1, 0.15) is 16.9 Å². The summed E-state index contributed by atoms with van der Waals surface area (Å²) in [4.78, 5) is 6.97. The predicted octanol–water partition coefficient (Wildman–Crippen LogP) is 2.57. The number of benzene rings is 1. The lowest BCUT2D eigenvalue weighted by Gasteiger charge is -2.04. The number of aromatic nitrogens is 2. The molecule has 0 radical (unpaired) electrons. The van der Waals surface area contributed by atoms with Crippen molar-refractivity contribution in [3.63, 3.8) is 0 Å². The maximum absolute atomic E-state index is 13.3.